The van der Waals surface area contributed by atoms with E-state index < -0.39 is 0 Å². The van der Waals surface area contributed by atoms with Crippen molar-refractivity contribution >= 4 is 11.6 Å². The number of carbonyl (C=O) groups is 1. The molecule has 0 fully saturated rings. The van der Waals surface area contributed by atoms with E-state index in [0.29, 0.717) is 13.0 Å². The lowest BCUT2D eigenvalue weighted by atomic mass is 10.1. The van der Waals surface area contributed by atoms with Crippen LogP contribution >= 0.6 is 0 Å². The number of para-hydroxylation sites is 1. The zero-order chi connectivity index (χ0) is 11.3. The number of hydrogen-bond acceptors (Lipinski definition) is 1. The third-order valence-electron chi connectivity index (χ3n) is 2.34. The summed E-state index contributed by atoms with van der Waals surface area (Å²) in [6.45, 7) is 8.27. The lowest BCUT2D eigenvalue weighted by Gasteiger charge is -2.22. The van der Waals surface area contributed by atoms with E-state index in [9.17, 15) is 4.79 Å². The Morgan fingerprint density at radius 3 is 2.67 bits per heavy atom. The van der Waals surface area contributed by atoms with Crippen LogP contribution in [0.1, 0.15) is 18.9 Å². The quantitative estimate of drug-likeness (QED) is 0.689. The first kappa shape index (κ1) is 11.5. The van der Waals surface area contributed by atoms with Crippen LogP contribution in [0.3, 0.4) is 0 Å². The Bertz CT molecular complexity index is 357. The lowest BCUT2D eigenvalue weighted by molar-refractivity contribution is -0.117. The highest BCUT2D eigenvalue weighted by Crippen LogP contribution is 2.19. The van der Waals surface area contributed by atoms with E-state index in [1.807, 2.05) is 38.1 Å². The second-order valence-corrected chi connectivity index (χ2v) is 3.42. The molecular formula is C13H17NO. The molecule has 0 radical (unpaired) electrons. The SMILES string of the molecule is C=CCC(=O)N(CC)c1ccccc1C. The molecule has 0 saturated heterocycles. The summed E-state index contributed by atoms with van der Waals surface area (Å²) in [5, 5.41) is 0. The van der Waals surface area contributed by atoms with Gasteiger partial charge in [0.15, 0.2) is 0 Å². The molecule has 1 rings (SSSR count). The van der Waals surface area contributed by atoms with Crippen molar-refractivity contribution in [1.82, 2.24) is 0 Å². The van der Waals surface area contributed by atoms with Gasteiger partial charge in [0.1, 0.15) is 0 Å². The lowest BCUT2D eigenvalue weighted by Crippen LogP contribution is -2.30. The molecule has 2 nitrogen and oxygen atoms in total. The molecule has 0 atom stereocenters. The third kappa shape index (κ3) is 2.69. The van der Waals surface area contributed by atoms with E-state index in [-0.39, 0.29) is 5.91 Å². The monoisotopic (exact) mass is 203 g/mol. The van der Waals surface area contributed by atoms with Crippen molar-refractivity contribution in [3.05, 3.63) is 42.5 Å². The number of benzene rings is 1. The maximum absolute atomic E-state index is 11.8. The third-order valence-corrected chi connectivity index (χ3v) is 2.34. The minimum absolute atomic E-state index is 0.0989. The zero-order valence-corrected chi connectivity index (χ0v) is 9.36. The van der Waals surface area contributed by atoms with Crippen LogP contribution in [0.25, 0.3) is 0 Å². The second kappa shape index (κ2) is 5.35. The van der Waals surface area contributed by atoms with Gasteiger partial charge in [-0.2, -0.15) is 0 Å². The molecule has 0 unspecified atom stereocenters. The summed E-state index contributed by atoms with van der Waals surface area (Å²) in [5.74, 6) is 0.0989. The molecular weight excluding hydrogens is 186 g/mol. The molecule has 0 N–H and O–H groups in total. The van der Waals surface area contributed by atoms with Gasteiger partial charge in [-0.15, -0.1) is 6.58 Å². The average molecular weight is 203 g/mol. The van der Waals surface area contributed by atoms with E-state index in [0.717, 1.165) is 11.3 Å². The molecule has 15 heavy (non-hydrogen) atoms. The molecule has 0 aliphatic carbocycles. The number of amides is 1. The largest absolute Gasteiger partial charge is 0.312 e. The summed E-state index contributed by atoms with van der Waals surface area (Å²) in [6, 6.07) is 7.91. The van der Waals surface area contributed by atoms with Crippen molar-refractivity contribution < 1.29 is 4.79 Å². The molecule has 1 aromatic carbocycles. The fourth-order valence-corrected chi connectivity index (χ4v) is 1.58. The predicted octanol–water partition coefficient (Wildman–Crippen LogP) is 2.92. The summed E-state index contributed by atoms with van der Waals surface area (Å²) in [4.78, 5) is 13.6. The first-order valence-corrected chi connectivity index (χ1v) is 5.17. The number of hydrogen-bond donors (Lipinski definition) is 0. The molecule has 0 aliphatic heterocycles. The Morgan fingerprint density at radius 1 is 1.47 bits per heavy atom. The van der Waals surface area contributed by atoms with E-state index in [1.54, 1.807) is 11.0 Å². The summed E-state index contributed by atoms with van der Waals surface area (Å²) in [7, 11) is 0. The standard InChI is InChI=1S/C13H17NO/c1-4-8-13(15)14(5-2)12-10-7-6-9-11(12)3/h4,6-7,9-10H,1,5,8H2,2-3H3. The van der Waals surface area contributed by atoms with Gasteiger partial charge in [-0.3, -0.25) is 4.79 Å². The maximum Gasteiger partial charge on any atom is 0.230 e. The average Bonchev–Trinajstić information content (AvgIpc) is 2.22. The molecule has 0 aromatic heterocycles. The van der Waals surface area contributed by atoms with Gasteiger partial charge in [-0.25, -0.2) is 0 Å². The van der Waals surface area contributed by atoms with Crippen LogP contribution in [-0.4, -0.2) is 12.5 Å². The van der Waals surface area contributed by atoms with Crippen molar-refractivity contribution in [2.75, 3.05) is 11.4 Å². The van der Waals surface area contributed by atoms with Gasteiger partial charge in [0, 0.05) is 18.7 Å². The van der Waals surface area contributed by atoms with Gasteiger partial charge in [0.05, 0.1) is 0 Å². The van der Waals surface area contributed by atoms with Gasteiger partial charge in [-0.1, -0.05) is 24.3 Å². The molecule has 1 amide bonds. The second-order valence-electron chi connectivity index (χ2n) is 3.42. The highest BCUT2D eigenvalue weighted by atomic mass is 16.2. The van der Waals surface area contributed by atoms with Gasteiger partial charge >= 0.3 is 0 Å². The number of nitrogens with zero attached hydrogens (tertiary/aromatic N) is 1. The van der Waals surface area contributed by atoms with Crippen LogP contribution in [0.5, 0.6) is 0 Å². The maximum atomic E-state index is 11.8. The Hall–Kier alpha value is -1.57. The topological polar surface area (TPSA) is 20.3 Å². The molecule has 80 valence electrons. The first-order valence-electron chi connectivity index (χ1n) is 5.17. The normalized spacial score (nSPS) is 9.73. The fourth-order valence-electron chi connectivity index (χ4n) is 1.58. The summed E-state index contributed by atoms with van der Waals surface area (Å²) >= 11 is 0. The minimum Gasteiger partial charge on any atom is -0.312 e. The Balaban J connectivity index is 2.97. The number of anilines is 1. The van der Waals surface area contributed by atoms with Crippen molar-refractivity contribution in [2.24, 2.45) is 0 Å². The van der Waals surface area contributed by atoms with Gasteiger partial charge in [-0.05, 0) is 25.5 Å². The van der Waals surface area contributed by atoms with Crippen LogP contribution in [-0.2, 0) is 4.79 Å². The highest BCUT2D eigenvalue weighted by Gasteiger charge is 2.13. The van der Waals surface area contributed by atoms with E-state index in [4.69, 9.17) is 0 Å². The van der Waals surface area contributed by atoms with Crippen molar-refractivity contribution in [3.63, 3.8) is 0 Å². The Labute approximate surface area is 91.2 Å². The van der Waals surface area contributed by atoms with Crippen molar-refractivity contribution in [2.45, 2.75) is 20.3 Å². The minimum atomic E-state index is 0.0989. The molecule has 0 spiro atoms. The van der Waals surface area contributed by atoms with Gasteiger partial charge in [0.2, 0.25) is 5.91 Å². The molecule has 2 heteroatoms. The van der Waals surface area contributed by atoms with E-state index >= 15 is 0 Å². The van der Waals surface area contributed by atoms with Crippen LogP contribution in [0, 0.1) is 6.92 Å². The number of carbonyl (C=O) groups excluding carboxylic acids is 1. The predicted molar refractivity (Wildman–Crippen MR) is 64.0 cm³/mol. The van der Waals surface area contributed by atoms with Gasteiger partial charge in [0.25, 0.3) is 0 Å². The van der Waals surface area contributed by atoms with Crippen molar-refractivity contribution in [3.8, 4) is 0 Å². The molecule has 0 bridgehead atoms. The van der Waals surface area contributed by atoms with E-state index in [1.165, 1.54) is 0 Å². The van der Waals surface area contributed by atoms with Crippen LogP contribution in [0.15, 0.2) is 36.9 Å². The van der Waals surface area contributed by atoms with Crippen LogP contribution in [0.4, 0.5) is 5.69 Å². The molecule has 1 aromatic rings. The van der Waals surface area contributed by atoms with Gasteiger partial charge < -0.3 is 4.90 Å². The fraction of sp³-hybridized carbons (Fsp3) is 0.308. The summed E-state index contributed by atoms with van der Waals surface area (Å²) in [6.07, 6.45) is 2.03. The Kier molecular flexibility index (Phi) is 4.10. The first-order chi connectivity index (χ1) is 7.20. The number of rotatable bonds is 4. The smallest absolute Gasteiger partial charge is 0.230 e. The van der Waals surface area contributed by atoms with E-state index in [2.05, 4.69) is 6.58 Å². The number of aryl methyl sites for hydroxylation is 1. The summed E-state index contributed by atoms with van der Waals surface area (Å²) in [5.41, 5.74) is 2.11. The molecule has 0 saturated carbocycles. The summed E-state index contributed by atoms with van der Waals surface area (Å²) < 4.78 is 0. The molecule has 0 heterocycles. The van der Waals surface area contributed by atoms with Crippen molar-refractivity contribution in [1.29, 1.82) is 0 Å². The Morgan fingerprint density at radius 2 is 2.13 bits per heavy atom. The van der Waals surface area contributed by atoms with Crippen LogP contribution < -0.4 is 4.90 Å². The highest BCUT2D eigenvalue weighted by molar-refractivity contribution is 5.94. The zero-order valence-electron chi connectivity index (χ0n) is 9.36. The molecule has 0 aliphatic rings. The van der Waals surface area contributed by atoms with Crippen LogP contribution in [0.2, 0.25) is 0 Å².